The lowest BCUT2D eigenvalue weighted by Crippen LogP contribution is -2.39. The molecule has 0 radical (unpaired) electrons. The standard InChI is InChI=1S/C31H36N4O3S/c1-31(2,3)28(36)26(22-32)30-35(16-8-15-34-17-19-38-20-18-34)29(37)27(39-30)21-23-11-13-25(14-12-23)33(4)24-9-6-5-7-10-24/h5-7,9-14,21H,8,15-20H2,1-4H3. The average molecular weight is 545 g/mol. The Morgan fingerprint density at radius 2 is 1.69 bits per heavy atom. The molecule has 204 valence electrons. The monoisotopic (exact) mass is 544 g/mol. The highest BCUT2D eigenvalue weighted by Gasteiger charge is 2.27. The molecule has 0 bridgehead atoms. The van der Waals surface area contributed by atoms with Crippen LogP contribution in [-0.4, -0.2) is 55.1 Å². The highest BCUT2D eigenvalue weighted by molar-refractivity contribution is 7.07. The second-order valence-electron chi connectivity index (χ2n) is 10.7. The first-order valence-corrected chi connectivity index (χ1v) is 14.1. The van der Waals surface area contributed by atoms with E-state index in [9.17, 15) is 14.9 Å². The lowest BCUT2D eigenvalue weighted by molar-refractivity contribution is -0.120. The number of hydrogen-bond donors (Lipinski definition) is 0. The maximum Gasteiger partial charge on any atom is 0.269 e. The molecule has 2 heterocycles. The molecular weight excluding hydrogens is 508 g/mol. The van der Waals surface area contributed by atoms with Gasteiger partial charge in [0.1, 0.15) is 16.3 Å². The van der Waals surface area contributed by atoms with Gasteiger partial charge in [0.05, 0.1) is 17.7 Å². The van der Waals surface area contributed by atoms with Crippen molar-refractivity contribution in [3.63, 3.8) is 0 Å². The molecule has 1 fully saturated rings. The second-order valence-corrected chi connectivity index (χ2v) is 11.8. The average Bonchev–Trinajstić information content (AvgIpc) is 3.24. The zero-order valence-electron chi connectivity index (χ0n) is 23.1. The van der Waals surface area contributed by atoms with Crippen molar-refractivity contribution in [2.45, 2.75) is 33.7 Å². The highest BCUT2D eigenvalue weighted by atomic mass is 32.1. The van der Waals surface area contributed by atoms with E-state index in [1.165, 1.54) is 11.3 Å². The third-order valence-corrected chi connectivity index (χ3v) is 7.95. The van der Waals surface area contributed by atoms with E-state index in [1.54, 1.807) is 25.3 Å². The molecular formula is C31H36N4O3S. The van der Waals surface area contributed by atoms with E-state index in [-0.39, 0.29) is 16.9 Å². The number of thiazole rings is 1. The first kappa shape index (κ1) is 28.5. The second kappa shape index (κ2) is 12.6. The Morgan fingerprint density at radius 1 is 1.05 bits per heavy atom. The van der Waals surface area contributed by atoms with Crippen molar-refractivity contribution >= 4 is 40.1 Å². The Morgan fingerprint density at radius 3 is 2.31 bits per heavy atom. The van der Waals surface area contributed by atoms with Gasteiger partial charge >= 0.3 is 0 Å². The number of aromatic nitrogens is 1. The molecule has 0 spiro atoms. The molecule has 8 heteroatoms. The molecule has 39 heavy (non-hydrogen) atoms. The van der Waals surface area contributed by atoms with Crippen LogP contribution in [0, 0.1) is 16.7 Å². The summed E-state index contributed by atoms with van der Waals surface area (Å²) in [5.41, 5.74) is 2.15. The van der Waals surface area contributed by atoms with E-state index in [1.807, 2.05) is 55.6 Å². The highest BCUT2D eigenvalue weighted by Crippen LogP contribution is 2.23. The van der Waals surface area contributed by atoms with Crippen LogP contribution in [0.5, 0.6) is 0 Å². The number of hydrogen-bond acceptors (Lipinski definition) is 7. The van der Waals surface area contributed by atoms with E-state index < -0.39 is 5.41 Å². The molecule has 1 aromatic heterocycles. The number of ether oxygens (including phenoxy) is 1. The molecule has 7 nitrogen and oxygen atoms in total. The summed E-state index contributed by atoms with van der Waals surface area (Å²) < 4.78 is 8.00. The molecule has 0 N–H and O–H groups in total. The largest absolute Gasteiger partial charge is 0.379 e. The zero-order chi connectivity index (χ0) is 28.0. The number of carbonyl (C=O) groups excluding carboxylic acids is 1. The molecule has 0 atom stereocenters. The fraction of sp³-hybridized carbons (Fsp3) is 0.387. The van der Waals surface area contributed by atoms with Gasteiger partial charge in [0.25, 0.3) is 5.56 Å². The zero-order valence-corrected chi connectivity index (χ0v) is 24.0. The summed E-state index contributed by atoms with van der Waals surface area (Å²) in [5, 5.41) is 9.98. The Kier molecular flexibility index (Phi) is 9.18. The Bertz CT molecular complexity index is 1500. The summed E-state index contributed by atoms with van der Waals surface area (Å²) in [4.78, 5) is 31.2. The molecule has 1 aliphatic rings. The predicted molar refractivity (Wildman–Crippen MR) is 158 cm³/mol. The lowest BCUT2D eigenvalue weighted by atomic mass is 9.87. The first-order valence-electron chi connectivity index (χ1n) is 13.3. The Balaban J connectivity index is 1.70. The van der Waals surface area contributed by atoms with Crippen molar-refractivity contribution in [3.8, 4) is 6.07 Å². The summed E-state index contributed by atoms with van der Waals surface area (Å²) in [5.74, 6) is -0.256. The first-order chi connectivity index (χ1) is 18.7. The molecule has 0 unspecified atom stereocenters. The van der Waals surface area contributed by atoms with Crippen LogP contribution >= 0.6 is 11.3 Å². The van der Waals surface area contributed by atoms with Gasteiger partial charge in [-0.2, -0.15) is 5.26 Å². The quantitative estimate of drug-likeness (QED) is 0.432. The van der Waals surface area contributed by atoms with Gasteiger partial charge < -0.3 is 9.64 Å². The number of rotatable bonds is 8. The number of Topliss-reactive ketones (excluding diaryl/α,β-unsaturated/α-hetero) is 1. The fourth-order valence-electron chi connectivity index (χ4n) is 4.50. The maximum atomic E-state index is 13.6. The van der Waals surface area contributed by atoms with Crippen molar-refractivity contribution in [1.29, 1.82) is 5.26 Å². The number of ketones is 1. The van der Waals surface area contributed by atoms with Crippen molar-refractivity contribution in [1.82, 2.24) is 9.47 Å². The molecule has 0 saturated carbocycles. The van der Waals surface area contributed by atoms with E-state index in [2.05, 4.69) is 28.0 Å². The number of carbonyl (C=O) groups is 1. The van der Waals surface area contributed by atoms with Crippen molar-refractivity contribution in [2.75, 3.05) is 44.8 Å². The smallest absolute Gasteiger partial charge is 0.269 e. The Labute approximate surface area is 233 Å². The third-order valence-electron chi connectivity index (χ3n) is 6.82. The van der Waals surface area contributed by atoms with Gasteiger partial charge in [-0.3, -0.25) is 19.1 Å². The summed E-state index contributed by atoms with van der Waals surface area (Å²) >= 11 is 1.22. The third kappa shape index (κ3) is 6.93. The van der Waals surface area contributed by atoms with Crippen LogP contribution in [0.25, 0.3) is 11.6 Å². The number of benzene rings is 2. The van der Waals surface area contributed by atoms with Gasteiger partial charge in [0.15, 0.2) is 5.78 Å². The van der Waals surface area contributed by atoms with Crippen molar-refractivity contribution in [2.24, 2.45) is 5.41 Å². The van der Waals surface area contributed by atoms with Crippen LogP contribution in [0.4, 0.5) is 11.4 Å². The van der Waals surface area contributed by atoms with Gasteiger partial charge in [0.2, 0.25) is 0 Å². The predicted octanol–water partition coefficient (Wildman–Crippen LogP) is 3.52. The minimum absolute atomic E-state index is 0.0513. The van der Waals surface area contributed by atoms with Crippen molar-refractivity contribution in [3.05, 3.63) is 79.7 Å². The number of anilines is 2. The lowest BCUT2D eigenvalue weighted by Gasteiger charge is -2.26. The van der Waals surface area contributed by atoms with Crippen LogP contribution < -0.4 is 19.7 Å². The molecule has 2 aromatic carbocycles. The van der Waals surface area contributed by atoms with Gasteiger partial charge in [0, 0.05) is 50.0 Å². The molecule has 3 aromatic rings. The number of morpholine rings is 1. The van der Waals surface area contributed by atoms with Crippen LogP contribution in [0.15, 0.2) is 59.4 Å². The van der Waals surface area contributed by atoms with Gasteiger partial charge in [-0.1, -0.05) is 51.1 Å². The summed E-state index contributed by atoms with van der Waals surface area (Å²) in [6.07, 6.45) is 2.59. The van der Waals surface area contributed by atoms with Crippen LogP contribution in [0.3, 0.4) is 0 Å². The summed E-state index contributed by atoms with van der Waals surface area (Å²) in [7, 11) is 2.01. The maximum absolute atomic E-state index is 13.6. The fourth-order valence-corrected chi connectivity index (χ4v) is 5.63. The molecule has 1 saturated heterocycles. The van der Waals surface area contributed by atoms with E-state index >= 15 is 0 Å². The SMILES string of the molecule is CN(c1ccccc1)c1ccc(C=c2sc(=C(C#N)C(=O)C(C)(C)C)n(CCCN3CCOCC3)c2=O)cc1. The number of nitriles is 1. The van der Waals surface area contributed by atoms with E-state index in [0.29, 0.717) is 15.7 Å². The summed E-state index contributed by atoms with van der Waals surface area (Å²) in [6, 6.07) is 20.2. The van der Waals surface area contributed by atoms with E-state index in [0.717, 1.165) is 56.2 Å². The summed E-state index contributed by atoms with van der Waals surface area (Å²) in [6.45, 7) is 9.84. The van der Waals surface area contributed by atoms with Crippen LogP contribution in [-0.2, 0) is 16.1 Å². The topological polar surface area (TPSA) is 78.6 Å². The van der Waals surface area contributed by atoms with E-state index in [4.69, 9.17) is 4.74 Å². The number of nitrogens with zero attached hydrogens (tertiary/aromatic N) is 4. The molecule has 0 aliphatic carbocycles. The molecule has 4 rings (SSSR count). The minimum atomic E-state index is -0.728. The van der Waals surface area contributed by atoms with Crippen LogP contribution in [0.2, 0.25) is 0 Å². The minimum Gasteiger partial charge on any atom is -0.379 e. The number of para-hydroxylation sites is 1. The molecule has 0 amide bonds. The van der Waals surface area contributed by atoms with Gasteiger partial charge in [-0.15, -0.1) is 11.3 Å². The normalized spacial score (nSPS) is 15.6. The Hall–Kier alpha value is -3.51. The van der Waals surface area contributed by atoms with Gasteiger partial charge in [-0.05, 0) is 42.3 Å². The van der Waals surface area contributed by atoms with Crippen LogP contribution in [0.1, 0.15) is 32.8 Å². The van der Waals surface area contributed by atoms with Crippen molar-refractivity contribution < 1.29 is 9.53 Å². The van der Waals surface area contributed by atoms with Gasteiger partial charge in [-0.25, -0.2) is 0 Å². The molecule has 1 aliphatic heterocycles.